The van der Waals surface area contributed by atoms with Crippen molar-refractivity contribution < 1.29 is 0 Å². The van der Waals surface area contributed by atoms with Gasteiger partial charge < -0.3 is 14.1 Å². The van der Waals surface area contributed by atoms with Gasteiger partial charge in [0.25, 0.3) is 0 Å². The van der Waals surface area contributed by atoms with Crippen LogP contribution in [-0.4, -0.2) is 14.1 Å². The summed E-state index contributed by atoms with van der Waals surface area (Å²) >= 11 is 0. The third-order valence-electron chi connectivity index (χ3n) is 10.9. The third-order valence-corrected chi connectivity index (χ3v) is 10.9. The lowest BCUT2D eigenvalue weighted by atomic mass is 9.94. The highest BCUT2D eigenvalue weighted by Crippen LogP contribution is 2.37. The van der Waals surface area contributed by atoms with E-state index in [1.165, 1.54) is 82.6 Å². The summed E-state index contributed by atoms with van der Waals surface area (Å²) in [5.74, 6) is 0. The van der Waals surface area contributed by atoms with Crippen LogP contribution in [0, 0.1) is 0 Å². The van der Waals surface area contributed by atoms with Gasteiger partial charge in [-0.05, 0) is 121 Å². The summed E-state index contributed by atoms with van der Waals surface area (Å²) in [5.41, 5.74) is 15.6. The highest BCUT2D eigenvalue weighted by molar-refractivity contribution is 6.10. The van der Waals surface area contributed by atoms with Crippen molar-refractivity contribution in [2.75, 3.05) is 0 Å². The lowest BCUT2D eigenvalue weighted by molar-refractivity contribution is 1.17. The molecule has 3 aromatic heterocycles. The van der Waals surface area contributed by atoms with E-state index in [2.05, 4.69) is 197 Å². The molecule has 3 nitrogen and oxygen atoms in total. The summed E-state index contributed by atoms with van der Waals surface area (Å²) in [5, 5.41) is 6.30. The number of aromatic amines is 1. The number of aromatic nitrogens is 3. The van der Waals surface area contributed by atoms with Gasteiger partial charge in [-0.2, -0.15) is 0 Å². The third kappa shape index (κ3) is 5.28. The predicted octanol–water partition coefficient (Wildman–Crippen LogP) is 13.2. The minimum absolute atomic E-state index is 0.755. The Bertz CT molecular complexity index is 3060. The van der Waals surface area contributed by atoms with Crippen LogP contribution in [0.5, 0.6) is 0 Å². The summed E-state index contributed by atoms with van der Waals surface area (Å²) in [4.78, 5) is 3.71. The van der Waals surface area contributed by atoms with E-state index in [1.54, 1.807) is 0 Å². The molecule has 7 aromatic carbocycles. The molecule has 10 rings (SSSR count). The molecule has 0 aliphatic rings. The van der Waals surface area contributed by atoms with Crippen LogP contribution in [-0.2, 0) is 12.8 Å². The Morgan fingerprint density at radius 3 is 1.59 bits per heavy atom. The van der Waals surface area contributed by atoms with E-state index in [0.717, 1.165) is 29.6 Å². The van der Waals surface area contributed by atoms with Crippen molar-refractivity contribution in [2.24, 2.45) is 0 Å². The molecule has 0 unspecified atom stereocenters. The predicted molar refractivity (Wildman–Crippen MR) is 230 cm³/mol. The van der Waals surface area contributed by atoms with Crippen molar-refractivity contribution in [1.82, 2.24) is 14.1 Å². The molecule has 0 amide bonds. The van der Waals surface area contributed by atoms with Crippen LogP contribution in [0.15, 0.2) is 176 Å². The molecular formula is C51H39N3. The van der Waals surface area contributed by atoms with Gasteiger partial charge in [0.15, 0.2) is 0 Å². The number of hydrogen-bond donors (Lipinski definition) is 1. The molecule has 3 heteroatoms. The molecule has 54 heavy (non-hydrogen) atoms. The van der Waals surface area contributed by atoms with E-state index in [-0.39, 0.29) is 0 Å². The van der Waals surface area contributed by atoms with Gasteiger partial charge in [0.1, 0.15) is 0 Å². The largest absolute Gasteiger partial charge is 0.355 e. The zero-order chi connectivity index (χ0) is 36.2. The number of rotatable bonds is 8. The molecule has 0 bridgehead atoms. The topological polar surface area (TPSA) is 25.6 Å². The number of H-pyrrole nitrogens is 1. The number of para-hydroxylation sites is 4. The minimum atomic E-state index is 0.755. The summed E-state index contributed by atoms with van der Waals surface area (Å²) in [7, 11) is 0. The number of nitrogens with zero attached hydrogens (tertiary/aromatic N) is 2. The van der Waals surface area contributed by atoms with E-state index in [0.29, 0.717) is 0 Å². The maximum atomic E-state index is 4.72. The number of fused-ring (bicyclic) bond motifs is 7. The van der Waals surface area contributed by atoms with Gasteiger partial charge >= 0.3 is 0 Å². The second-order valence-electron chi connectivity index (χ2n) is 14.3. The maximum absolute atomic E-state index is 4.72. The Morgan fingerprint density at radius 2 is 1.00 bits per heavy atom. The molecule has 10 aromatic rings. The van der Waals surface area contributed by atoms with E-state index < -0.39 is 0 Å². The fraction of sp³-hybridized carbons (Fsp3) is 0.0588. The van der Waals surface area contributed by atoms with Gasteiger partial charge in [-0.1, -0.05) is 104 Å². The van der Waals surface area contributed by atoms with Crippen LogP contribution in [0.4, 0.5) is 0 Å². The van der Waals surface area contributed by atoms with E-state index in [9.17, 15) is 0 Å². The highest BCUT2D eigenvalue weighted by Gasteiger charge is 2.17. The van der Waals surface area contributed by atoms with Crippen LogP contribution >= 0.6 is 0 Å². The molecule has 0 spiro atoms. The standard InChI is InChI=1S/C51H39N3/c1-3-14-46-51(34(2)29-35-24-27-49-42(31-35)40-19-10-12-21-47(40)53(49)38-15-6-4-7-16-38)44-33-36(23-26-45(44)52-46)30-37-25-28-50-43(32-37)41-20-11-13-22-48(41)54(50)39-17-8-5-9-18-39/h3-28,31-33,52H,2,29-30H2,1H3/b14-3-. The Labute approximate surface area is 314 Å². The molecule has 0 saturated heterocycles. The molecule has 1 N–H and O–H groups in total. The van der Waals surface area contributed by atoms with E-state index in [1.807, 2.05) is 0 Å². The van der Waals surface area contributed by atoms with Crippen LogP contribution in [0.1, 0.15) is 34.9 Å². The Morgan fingerprint density at radius 1 is 0.519 bits per heavy atom. The lowest BCUT2D eigenvalue weighted by Crippen LogP contribution is -1.94. The molecule has 0 aliphatic carbocycles. The summed E-state index contributed by atoms with van der Waals surface area (Å²) in [6.07, 6.45) is 5.88. The number of benzene rings is 7. The maximum Gasteiger partial charge on any atom is 0.0541 e. The molecule has 258 valence electrons. The fourth-order valence-electron chi connectivity index (χ4n) is 8.58. The van der Waals surface area contributed by atoms with Gasteiger partial charge in [-0.3, -0.25) is 0 Å². The first-order valence-electron chi connectivity index (χ1n) is 18.7. The number of allylic oxidation sites excluding steroid dienone is 2. The monoisotopic (exact) mass is 693 g/mol. The Kier molecular flexibility index (Phi) is 7.66. The molecule has 0 saturated carbocycles. The van der Waals surface area contributed by atoms with E-state index in [4.69, 9.17) is 6.58 Å². The zero-order valence-corrected chi connectivity index (χ0v) is 30.3. The quantitative estimate of drug-likeness (QED) is 0.164. The fourth-order valence-corrected chi connectivity index (χ4v) is 8.58. The first-order chi connectivity index (χ1) is 26.6. The number of hydrogen-bond acceptors (Lipinski definition) is 0. The van der Waals surface area contributed by atoms with Crippen molar-refractivity contribution >= 4 is 66.2 Å². The lowest BCUT2D eigenvalue weighted by Gasteiger charge is -2.10. The molecule has 0 aliphatic heterocycles. The van der Waals surface area contributed by atoms with Crippen LogP contribution < -0.4 is 0 Å². The highest BCUT2D eigenvalue weighted by atomic mass is 15.0. The van der Waals surface area contributed by atoms with Crippen molar-refractivity contribution in [3.05, 3.63) is 204 Å². The Balaban J connectivity index is 1.01. The summed E-state index contributed by atoms with van der Waals surface area (Å²) in [6.45, 7) is 6.80. The van der Waals surface area contributed by atoms with Crippen LogP contribution in [0.25, 0.3) is 77.5 Å². The molecule has 0 radical (unpaired) electrons. The summed E-state index contributed by atoms with van der Waals surface area (Å²) < 4.78 is 4.74. The zero-order valence-electron chi connectivity index (χ0n) is 30.3. The molecule has 3 heterocycles. The van der Waals surface area contributed by atoms with Crippen molar-refractivity contribution in [3.63, 3.8) is 0 Å². The van der Waals surface area contributed by atoms with E-state index >= 15 is 0 Å². The smallest absolute Gasteiger partial charge is 0.0541 e. The van der Waals surface area contributed by atoms with Crippen LogP contribution in [0.2, 0.25) is 0 Å². The normalized spacial score (nSPS) is 11.9. The van der Waals surface area contributed by atoms with Gasteiger partial charge in [0.05, 0.1) is 22.1 Å². The van der Waals surface area contributed by atoms with Crippen molar-refractivity contribution in [2.45, 2.75) is 19.8 Å². The van der Waals surface area contributed by atoms with Crippen molar-refractivity contribution in [1.29, 1.82) is 0 Å². The SMILES string of the molecule is C=C(Cc1ccc2c(c1)c1ccccc1n2-c1ccccc1)c1c(/C=C\C)[nH]c2ccc(Cc3ccc4c(c3)c3ccccc3n4-c3ccccc3)cc12. The van der Waals surface area contributed by atoms with Crippen molar-refractivity contribution in [3.8, 4) is 11.4 Å². The van der Waals surface area contributed by atoms with Gasteiger partial charge in [0.2, 0.25) is 0 Å². The average Bonchev–Trinajstić information content (AvgIpc) is 3.86. The molecular weight excluding hydrogens is 655 g/mol. The Hall–Kier alpha value is -6.84. The van der Waals surface area contributed by atoms with Crippen LogP contribution in [0.3, 0.4) is 0 Å². The second-order valence-corrected chi connectivity index (χ2v) is 14.3. The first kappa shape index (κ1) is 31.9. The van der Waals surface area contributed by atoms with Gasteiger partial charge in [-0.15, -0.1) is 0 Å². The molecule has 0 atom stereocenters. The first-order valence-corrected chi connectivity index (χ1v) is 18.7. The summed E-state index contributed by atoms with van der Waals surface area (Å²) in [6, 6.07) is 59.5. The van der Waals surface area contributed by atoms with Gasteiger partial charge in [-0.25, -0.2) is 0 Å². The van der Waals surface area contributed by atoms with Gasteiger partial charge in [0, 0.05) is 55.1 Å². The number of nitrogens with one attached hydrogen (secondary N) is 1. The second kappa shape index (κ2) is 13.0. The average molecular weight is 694 g/mol. The molecule has 0 fully saturated rings. The minimum Gasteiger partial charge on any atom is -0.355 e.